The number of anilines is 1. The van der Waals surface area contributed by atoms with E-state index < -0.39 is 0 Å². The predicted octanol–water partition coefficient (Wildman–Crippen LogP) is 2.24. The van der Waals surface area contributed by atoms with Crippen LogP contribution in [0, 0.1) is 6.92 Å². The third-order valence-electron chi connectivity index (χ3n) is 5.45. The quantitative estimate of drug-likeness (QED) is 0.848. The van der Waals surface area contributed by atoms with E-state index in [0.717, 1.165) is 55.1 Å². The fourth-order valence-electron chi connectivity index (χ4n) is 3.93. The van der Waals surface area contributed by atoms with Crippen molar-refractivity contribution >= 4 is 17.6 Å². The number of nitrogens with zero attached hydrogens (tertiary/aromatic N) is 4. The molecule has 1 aromatic carbocycles. The third kappa shape index (κ3) is 4.16. The number of carbonyl (C=O) groups is 2. The van der Waals surface area contributed by atoms with E-state index in [4.69, 9.17) is 0 Å². The van der Waals surface area contributed by atoms with Gasteiger partial charge in [-0.3, -0.25) is 4.79 Å². The van der Waals surface area contributed by atoms with Crippen LogP contribution in [-0.4, -0.2) is 44.2 Å². The van der Waals surface area contributed by atoms with E-state index in [1.165, 1.54) is 0 Å². The van der Waals surface area contributed by atoms with Crippen molar-refractivity contribution in [1.29, 1.82) is 0 Å². The molecule has 1 fully saturated rings. The van der Waals surface area contributed by atoms with Crippen molar-refractivity contribution in [3.63, 3.8) is 0 Å². The number of amides is 3. The molecule has 0 aliphatic carbocycles. The first-order chi connectivity index (χ1) is 13.6. The molecule has 2 N–H and O–H groups in total. The Bertz CT molecular complexity index is 877. The lowest BCUT2D eigenvalue weighted by molar-refractivity contribution is -0.133. The number of hydrogen-bond acceptors (Lipinski definition) is 4. The molecule has 8 heteroatoms. The van der Waals surface area contributed by atoms with Crippen LogP contribution in [0.5, 0.6) is 0 Å². The topological polar surface area (TPSA) is 92.2 Å². The summed E-state index contributed by atoms with van der Waals surface area (Å²) in [5.41, 5.74) is 1.76. The zero-order valence-corrected chi connectivity index (χ0v) is 16.1. The van der Waals surface area contributed by atoms with Gasteiger partial charge in [0.05, 0.1) is 0 Å². The molecule has 1 aromatic heterocycles. The summed E-state index contributed by atoms with van der Waals surface area (Å²) < 4.78 is 2.06. The van der Waals surface area contributed by atoms with Gasteiger partial charge in [0.2, 0.25) is 5.91 Å². The van der Waals surface area contributed by atoms with E-state index in [9.17, 15) is 9.59 Å². The number of piperidine rings is 1. The lowest BCUT2D eigenvalue weighted by atomic mass is 10.1. The summed E-state index contributed by atoms with van der Waals surface area (Å²) in [7, 11) is 0. The molecule has 3 amide bonds. The molecule has 0 unspecified atom stereocenters. The smallest absolute Gasteiger partial charge is 0.319 e. The van der Waals surface area contributed by atoms with Gasteiger partial charge in [-0.25, -0.2) is 4.79 Å². The van der Waals surface area contributed by atoms with Crippen LogP contribution < -0.4 is 10.6 Å². The minimum Gasteiger partial charge on any atom is -0.338 e. The summed E-state index contributed by atoms with van der Waals surface area (Å²) in [5.74, 6) is 2.07. The zero-order chi connectivity index (χ0) is 19.5. The van der Waals surface area contributed by atoms with Gasteiger partial charge < -0.3 is 20.1 Å². The highest BCUT2D eigenvalue weighted by atomic mass is 16.2. The second kappa shape index (κ2) is 8.00. The van der Waals surface area contributed by atoms with Crippen LogP contribution >= 0.6 is 0 Å². The first kappa shape index (κ1) is 18.5. The van der Waals surface area contributed by atoms with Crippen molar-refractivity contribution in [3.8, 4) is 0 Å². The van der Waals surface area contributed by atoms with Gasteiger partial charge in [0, 0.05) is 44.2 Å². The van der Waals surface area contributed by atoms with Crippen molar-refractivity contribution in [2.24, 2.45) is 0 Å². The Labute approximate surface area is 164 Å². The first-order valence-electron chi connectivity index (χ1n) is 9.91. The number of urea groups is 1. The molecule has 0 saturated carbocycles. The van der Waals surface area contributed by atoms with E-state index in [0.29, 0.717) is 19.5 Å². The highest BCUT2D eigenvalue weighted by Crippen LogP contribution is 2.18. The average Bonchev–Trinajstić information content (AvgIpc) is 3.04. The SMILES string of the molecule is Cc1nnc2n1C[C@@H](NC(=O)Nc1cccc(CN3CCCCC3=O)c1)CC2. The second-order valence-corrected chi connectivity index (χ2v) is 7.58. The van der Waals surface area contributed by atoms with Crippen molar-refractivity contribution in [2.75, 3.05) is 11.9 Å². The fraction of sp³-hybridized carbons (Fsp3) is 0.500. The van der Waals surface area contributed by atoms with E-state index in [1.54, 1.807) is 0 Å². The van der Waals surface area contributed by atoms with Crippen LogP contribution in [0.4, 0.5) is 10.5 Å². The number of aromatic nitrogens is 3. The number of rotatable bonds is 4. The molecule has 8 nitrogen and oxygen atoms in total. The summed E-state index contributed by atoms with van der Waals surface area (Å²) >= 11 is 0. The van der Waals surface area contributed by atoms with E-state index in [-0.39, 0.29) is 18.0 Å². The first-order valence-corrected chi connectivity index (χ1v) is 9.91. The Morgan fingerprint density at radius 1 is 1.25 bits per heavy atom. The Hall–Kier alpha value is -2.90. The van der Waals surface area contributed by atoms with Crippen LogP contribution in [-0.2, 0) is 24.3 Å². The number of fused-ring (bicyclic) bond motifs is 1. The number of carbonyl (C=O) groups excluding carboxylic acids is 2. The van der Waals surface area contributed by atoms with Gasteiger partial charge >= 0.3 is 6.03 Å². The summed E-state index contributed by atoms with van der Waals surface area (Å²) in [4.78, 5) is 26.3. The maximum Gasteiger partial charge on any atom is 0.319 e. The molecule has 0 spiro atoms. The summed E-state index contributed by atoms with van der Waals surface area (Å²) in [6.45, 7) is 4.02. The number of benzene rings is 1. The molecular weight excluding hydrogens is 356 g/mol. The highest BCUT2D eigenvalue weighted by Gasteiger charge is 2.23. The van der Waals surface area contributed by atoms with Crippen LogP contribution in [0.2, 0.25) is 0 Å². The van der Waals surface area contributed by atoms with Crippen molar-refractivity contribution in [2.45, 2.75) is 58.2 Å². The predicted molar refractivity (Wildman–Crippen MR) is 105 cm³/mol. The molecule has 1 saturated heterocycles. The van der Waals surface area contributed by atoms with Gasteiger partial charge in [0.1, 0.15) is 11.6 Å². The fourth-order valence-corrected chi connectivity index (χ4v) is 3.93. The number of likely N-dealkylation sites (tertiary alicyclic amines) is 1. The van der Waals surface area contributed by atoms with Gasteiger partial charge in [-0.1, -0.05) is 12.1 Å². The number of aryl methyl sites for hydroxylation is 2. The van der Waals surface area contributed by atoms with Crippen molar-refractivity contribution in [3.05, 3.63) is 41.5 Å². The number of hydrogen-bond donors (Lipinski definition) is 2. The molecule has 0 radical (unpaired) electrons. The van der Waals surface area contributed by atoms with E-state index in [1.807, 2.05) is 36.1 Å². The normalized spacial score (nSPS) is 19.2. The third-order valence-corrected chi connectivity index (χ3v) is 5.45. The van der Waals surface area contributed by atoms with Gasteiger partial charge in [0.25, 0.3) is 0 Å². The molecule has 4 rings (SSSR count). The highest BCUT2D eigenvalue weighted by molar-refractivity contribution is 5.89. The molecule has 148 valence electrons. The zero-order valence-electron chi connectivity index (χ0n) is 16.1. The molecule has 3 heterocycles. The van der Waals surface area contributed by atoms with Crippen molar-refractivity contribution < 1.29 is 9.59 Å². The Kier molecular flexibility index (Phi) is 5.27. The molecule has 1 atom stereocenters. The van der Waals surface area contributed by atoms with Gasteiger partial charge in [-0.15, -0.1) is 10.2 Å². The second-order valence-electron chi connectivity index (χ2n) is 7.58. The Morgan fingerprint density at radius 2 is 2.14 bits per heavy atom. The Balaban J connectivity index is 1.33. The monoisotopic (exact) mass is 382 g/mol. The van der Waals surface area contributed by atoms with Crippen LogP contribution in [0.3, 0.4) is 0 Å². The molecule has 28 heavy (non-hydrogen) atoms. The van der Waals surface area contributed by atoms with Crippen LogP contribution in [0.1, 0.15) is 42.9 Å². The van der Waals surface area contributed by atoms with Crippen LogP contribution in [0.15, 0.2) is 24.3 Å². The lowest BCUT2D eigenvalue weighted by Crippen LogP contribution is -2.43. The van der Waals surface area contributed by atoms with Crippen LogP contribution in [0.25, 0.3) is 0 Å². The largest absolute Gasteiger partial charge is 0.338 e. The summed E-state index contributed by atoms with van der Waals surface area (Å²) in [5, 5.41) is 14.2. The van der Waals surface area contributed by atoms with Gasteiger partial charge in [-0.05, 0) is 43.9 Å². The molecule has 0 bridgehead atoms. The van der Waals surface area contributed by atoms with E-state index in [2.05, 4.69) is 25.4 Å². The number of nitrogens with one attached hydrogen (secondary N) is 2. The lowest BCUT2D eigenvalue weighted by Gasteiger charge is -2.27. The molecule has 2 aliphatic heterocycles. The summed E-state index contributed by atoms with van der Waals surface area (Å²) in [6, 6.07) is 7.53. The summed E-state index contributed by atoms with van der Waals surface area (Å²) in [6.07, 6.45) is 4.33. The van der Waals surface area contributed by atoms with Gasteiger partial charge in [0.15, 0.2) is 0 Å². The average molecular weight is 382 g/mol. The minimum atomic E-state index is -0.217. The molecular formula is C20H26N6O2. The maximum absolute atomic E-state index is 12.4. The molecule has 2 aliphatic rings. The van der Waals surface area contributed by atoms with E-state index >= 15 is 0 Å². The van der Waals surface area contributed by atoms with Crippen molar-refractivity contribution in [1.82, 2.24) is 25.0 Å². The van der Waals surface area contributed by atoms with Gasteiger partial charge in [-0.2, -0.15) is 0 Å². The standard InChI is InChI=1S/C20H26N6O2/c1-14-23-24-18-9-8-17(13-26(14)18)22-20(28)21-16-6-4-5-15(11-16)12-25-10-3-2-7-19(25)27/h4-6,11,17H,2-3,7-10,12-13H2,1H3,(H2,21,22,28)/t17-/m0/s1. The Morgan fingerprint density at radius 3 is 3.00 bits per heavy atom. The minimum absolute atomic E-state index is 0.0522. The molecule has 2 aromatic rings. The maximum atomic E-state index is 12.4.